The number of hydrogen-bond acceptors (Lipinski definition) is 5. The van der Waals surface area contributed by atoms with Crippen LogP contribution in [0.1, 0.15) is 69.9 Å². The van der Waals surface area contributed by atoms with Crippen LogP contribution < -0.4 is 0 Å². The number of hydrogen-bond donors (Lipinski definition) is 0. The Morgan fingerprint density at radius 3 is 2.43 bits per heavy atom. The molecule has 2 aromatic rings. The Balaban J connectivity index is 1.96. The van der Waals surface area contributed by atoms with Gasteiger partial charge in [-0.1, -0.05) is 75.1 Å². The predicted octanol–water partition coefficient (Wildman–Crippen LogP) is 5.67. The first-order chi connectivity index (χ1) is 16.8. The zero-order valence-electron chi connectivity index (χ0n) is 20.8. The summed E-state index contributed by atoms with van der Waals surface area (Å²) in [6.07, 6.45) is 5.38. The molecular weight excluding hydrogens is 460 g/mol. The molecule has 1 aliphatic rings. The summed E-state index contributed by atoms with van der Waals surface area (Å²) in [6, 6.07) is 17.4. The average Bonchev–Trinajstić information content (AvgIpc) is 2.88. The highest BCUT2D eigenvalue weighted by atomic mass is 32.2. The molecule has 0 saturated heterocycles. The molecule has 0 atom stereocenters. The van der Waals surface area contributed by atoms with Gasteiger partial charge in [0.05, 0.1) is 29.4 Å². The Labute approximate surface area is 210 Å². The molecule has 0 spiro atoms. The lowest BCUT2D eigenvalue weighted by Crippen LogP contribution is -2.47. The molecule has 7 heteroatoms. The van der Waals surface area contributed by atoms with Crippen molar-refractivity contribution in [2.24, 2.45) is 5.41 Å². The molecular formula is C28H36N2O4S. The van der Waals surface area contributed by atoms with Gasteiger partial charge in [-0.25, -0.2) is 8.42 Å². The van der Waals surface area contributed by atoms with Gasteiger partial charge in [0.15, 0.2) is 0 Å². The minimum atomic E-state index is -3.61. The fourth-order valence-corrected chi connectivity index (χ4v) is 6.54. The first kappa shape index (κ1) is 26.9. The standard InChI is InChI=1S/C28H36N2O4S/c1-3-5-18-35(32,33)30(22-28(27(31)34-4-2)16-10-7-11-17-28)21-23-14-15-26(25(19-23)20-29)24-12-8-6-9-13-24/h6,8-9,12-15,19H,3-5,7,10-11,16-18,21-22H2,1-2H3. The highest BCUT2D eigenvalue weighted by molar-refractivity contribution is 7.89. The summed E-state index contributed by atoms with van der Waals surface area (Å²) in [6.45, 7) is 4.25. The molecule has 2 aromatic carbocycles. The van der Waals surface area contributed by atoms with Crippen LogP contribution in [0.4, 0.5) is 0 Å². The minimum Gasteiger partial charge on any atom is -0.466 e. The van der Waals surface area contributed by atoms with Gasteiger partial charge in [0, 0.05) is 13.1 Å². The van der Waals surface area contributed by atoms with Gasteiger partial charge in [0.1, 0.15) is 0 Å². The molecule has 3 rings (SSSR count). The van der Waals surface area contributed by atoms with Crippen LogP contribution in [0.2, 0.25) is 0 Å². The van der Waals surface area contributed by atoms with Crippen molar-refractivity contribution >= 4 is 16.0 Å². The van der Waals surface area contributed by atoms with E-state index in [1.807, 2.05) is 49.4 Å². The summed E-state index contributed by atoms with van der Waals surface area (Å²) >= 11 is 0. The number of nitriles is 1. The van der Waals surface area contributed by atoms with E-state index in [4.69, 9.17) is 4.74 Å². The van der Waals surface area contributed by atoms with Gasteiger partial charge in [0.25, 0.3) is 0 Å². The van der Waals surface area contributed by atoms with Crippen LogP contribution in [0.25, 0.3) is 11.1 Å². The smallest absolute Gasteiger partial charge is 0.313 e. The van der Waals surface area contributed by atoms with Crippen molar-refractivity contribution in [2.45, 2.75) is 65.3 Å². The number of unbranched alkanes of at least 4 members (excludes halogenated alkanes) is 1. The number of benzene rings is 2. The molecule has 0 bridgehead atoms. The Morgan fingerprint density at radius 1 is 1.09 bits per heavy atom. The second kappa shape index (κ2) is 12.3. The van der Waals surface area contributed by atoms with Crippen LogP contribution in [0.3, 0.4) is 0 Å². The lowest BCUT2D eigenvalue weighted by atomic mass is 9.74. The van der Waals surface area contributed by atoms with Crippen LogP contribution in [-0.2, 0) is 26.1 Å². The van der Waals surface area contributed by atoms with Gasteiger partial charge in [-0.2, -0.15) is 9.57 Å². The minimum absolute atomic E-state index is 0.0373. The van der Waals surface area contributed by atoms with Crippen LogP contribution in [-0.4, -0.2) is 37.6 Å². The molecule has 0 aromatic heterocycles. The lowest BCUT2D eigenvalue weighted by Gasteiger charge is -2.38. The van der Waals surface area contributed by atoms with Gasteiger partial charge >= 0.3 is 5.97 Å². The molecule has 0 amide bonds. The SMILES string of the molecule is CCCCS(=O)(=O)N(Cc1ccc(-c2ccccc2)c(C#N)c1)CC1(C(=O)OCC)CCCCC1. The number of rotatable bonds is 11. The van der Waals surface area contributed by atoms with Crippen molar-refractivity contribution in [1.82, 2.24) is 4.31 Å². The van der Waals surface area contributed by atoms with E-state index in [1.165, 1.54) is 4.31 Å². The zero-order chi connectivity index (χ0) is 25.3. The Morgan fingerprint density at radius 2 is 1.80 bits per heavy atom. The quantitative estimate of drug-likeness (QED) is 0.374. The summed E-state index contributed by atoms with van der Waals surface area (Å²) in [5.74, 6) is -0.261. The maximum Gasteiger partial charge on any atom is 0.313 e. The Kier molecular flexibility index (Phi) is 9.47. The fourth-order valence-electron chi connectivity index (χ4n) is 4.84. The second-order valence-corrected chi connectivity index (χ2v) is 11.4. The average molecular weight is 497 g/mol. The molecule has 0 aliphatic heterocycles. The van der Waals surface area contributed by atoms with Gasteiger partial charge in [-0.15, -0.1) is 0 Å². The van der Waals surface area contributed by atoms with Gasteiger partial charge in [-0.3, -0.25) is 4.79 Å². The third-order valence-electron chi connectivity index (χ3n) is 6.80. The maximum atomic E-state index is 13.4. The molecule has 188 valence electrons. The molecule has 6 nitrogen and oxygen atoms in total. The summed E-state index contributed by atoms with van der Waals surface area (Å²) in [5.41, 5.74) is 2.16. The number of carbonyl (C=O) groups is 1. The molecule has 35 heavy (non-hydrogen) atoms. The number of ether oxygens (including phenoxy) is 1. The molecule has 0 radical (unpaired) electrons. The molecule has 1 fully saturated rings. The third-order valence-corrected chi connectivity index (χ3v) is 8.65. The highest BCUT2D eigenvalue weighted by Crippen LogP contribution is 2.39. The van der Waals surface area contributed by atoms with Crippen LogP contribution in [0.15, 0.2) is 48.5 Å². The monoisotopic (exact) mass is 496 g/mol. The molecule has 1 saturated carbocycles. The van der Waals surface area contributed by atoms with Crippen molar-refractivity contribution in [2.75, 3.05) is 18.9 Å². The van der Waals surface area contributed by atoms with E-state index in [2.05, 4.69) is 6.07 Å². The molecule has 1 aliphatic carbocycles. The van der Waals surface area contributed by atoms with E-state index < -0.39 is 15.4 Å². The van der Waals surface area contributed by atoms with E-state index in [9.17, 15) is 18.5 Å². The van der Waals surface area contributed by atoms with E-state index in [-0.39, 0.29) is 31.4 Å². The summed E-state index contributed by atoms with van der Waals surface area (Å²) in [7, 11) is -3.61. The van der Waals surface area contributed by atoms with Crippen LogP contribution >= 0.6 is 0 Å². The number of carbonyl (C=O) groups excluding carboxylic acids is 1. The summed E-state index contributed by atoms with van der Waals surface area (Å²) in [4.78, 5) is 13.1. The van der Waals surface area contributed by atoms with Crippen molar-refractivity contribution in [1.29, 1.82) is 5.26 Å². The fraction of sp³-hybridized carbons (Fsp3) is 0.500. The van der Waals surface area contributed by atoms with E-state index in [1.54, 1.807) is 13.0 Å². The summed E-state index contributed by atoms with van der Waals surface area (Å²) in [5, 5.41) is 9.81. The topological polar surface area (TPSA) is 87.5 Å². The largest absolute Gasteiger partial charge is 0.466 e. The van der Waals surface area contributed by atoms with Gasteiger partial charge < -0.3 is 4.74 Å². The number of esters is 1. The Bertz CT molecular complexity index is 1130. The van der Waals surface area contributed by atoms with Crippen LogP contribution in [0, 0.1) is 16.7 Å². The molecule has 0 N–H and O–H groups in total. The van der Waals surface area contributed by atoms with Gasteiger partial charge in [-0.05, 0) is 48.9 Å². The zero-order valence-corrected chi connectivity index (χ0v) is 21.6. The van der Waals surface area contributed by atoms with Crippen LogP contribution in [0.5, 0.6) is 0 Å². The Hall–Kier alpha value is -2.69. The molecule has 0 unspecified atom stereocenters. The first-order valence-electron chi connectivity index (χ1n) is 12.6. The maximum absolute atomic E-state index is 13.4. The predicted molar refractivity (Wildman–Crippen MR) is 138 cm³/mol. The second-order valence-electron chi connectivity index (χ2n) is 9.36. The normalized spacial score (nSPS) is 15.5. The van der Waals surface area contributed by atoms with Gasteiger partial charge in [0.2, 0.25) is 10.0 Å². The third kappa shape index (κ3) is 6.71. The van der Waals surface area contributed by atoms with E-state index in [0.717, 1.165) is 42.4 Å². The van der Waals surface area contributed by atoms with Crippen molar-refractivity contribution in [3.05, 3.63) is 59.7 Å². The van der Waals surface area contributed by atoms with Crippen molar-refractivity contribution in [3.8, 4) is 17.2 Å². The molecule has 0 heterocycles. The van der Waals surface area contributed by atoms with Crippen molar-refractivity contribution < 1.29 is 17.9 Å². The van der Waals surface area contributed by atoms with E-state index in [0.29, 0.717) is 24.8 Å². The van der Waals surface area contributed by atoms with Crippen molar-refractivity contribution in [3.63, 3.8) is 0 Å². The number of sulfonamides is 1. The number of nitrogens with zero attached hydrogens (tertiary/aromatic N) is 2. The van der Waals surface area contributed by atoms with E-state index >= 15 is 0 Å². The first-order valence-corrected chi connectivity index (χ1v) is 14.2. The summed E-state index contributed by atoms with van der Waals surface area (Å²) < 4.78 is 33.8. The highest BCUT2D eigenvalue weighted by Gasteiger charge is 2.44. The lowest BCUT2D eigenvalue weighted by molar-refractivity contribution is -0.158.